The van der Waals surface area contributed by atoms with Crippen LogP contribution in [0.3, 0.4) is 0 Å². The number of nitrogens with zero attached hydrogens (tertiary/aromatic N) is 2. The standard InChI is InChI=1S/C26H36N2/c1-3-4-5-11-17-27-19-21-28(22-20-27)18-16-23(2)25-14-9-10-15-26(25)24-12-7-6-8-13-24/h6-10,12-16H,3-5,11,17-22H2,1-2H3. The van der Waals surface area contributed by atoms with E-state index in [1.165, 1.54) is 80.7 Å². The van der Waals surface area contributed by atoms with Gasteiger partial charge in [0.15, 0.2) is 0 Å². The number of hydrogen-bond donors (Lipinski definition) is 0. The van der Waals surface area contributed by atoms with E-state index in [4.69, 9.17) is 0 Å². The number of hydrogen-bond acceptors (Lipinski definition) is 2. The van der Waals surface area contributed by atoms with Crippen LogP contribution in [0.2, 0.25) is 0 Å². The molecule has 0 aliphatic carbocycles. The monoisotopic (exact) mass is 376 g/mol. The summed E-state index contributed by atoms with van der Waals surface area (Å²) in [5.41, 5.74) is 5.35. The number of benzene rings is 2. The van der Waals surface area contributed by atoms with Gasteiger partial charge in [-0.25, -0.2) is 0 Å². The average Bonchev–Trinajstić information content (AvgIpc) is 2.76. The lowest BCUT2D eigenvalue weighted by Gasteiger charge is -2.34. The van der Waals surface area contributed by atoms with Crippen LogP contribution in [0.1, 0.15) is 45.1 Å². The summed E-state index contributed by atoms with van der Waals surface area (Å²) < 4.78 is 0. The summed E-state index contributed by atoms with van der Waals surface area (Å²) in [6.45, 7) is 11.7. The summed E-state index contributed by atoms with van der Waals surface area (Å²) in [5, 5.41) is 0. The fourth-order valence-electron chi connectivity index (χ4n) is 4.03. The van der Waals surface area contributed by atoms with Crippen molar-refractivity contribution < 1.29 is 0 Å². The van der Waals surface area contributed by atoms with Crippen LogP contribution >= 0.6 is 0 Å². The van der Waals surface area contributed by atoms with Gasteiger partial charge in [-0.3, -0.25) is 4.90 Å². The van der Waals surface area contributed by atoms with Crippen LogP contribution in [0.5, 0.6) is 0 Å². The Balaban J connectivity index is 1.54. The van der Waals surface area contributed by atoms with Gasteiger partial charge in [-0.05, 0) is 42.2 Å². The van der Waals surface area contributed by atoms with Crippen molar-refractivity contribution in [3.05, 3.63) is 66.2 Å². The van der Waals surface area contributed by atoms with Crippen molar-refractivity contribution in [2.24, 2.45) is 0 Å². The number of allylic oxidation sites excluding steroid dienone is 1. The van der Waals surface area contributed by atoms with Crippen molar-refractivity contribution in [3.8, 4) is 11.1 Å². The van der Waals surface area contributed by atoms with E-state index >= 15 is 0 Å². The SMILES string of the molecule is CCCCCCN1CCN(CC=C(C)c2ccccc2-c2ccccc2)CC1. The molecule has 1 saturated heterocycles. The van der Waals surface area contributed by atoms with Gasteiger partial charge in [0.25, 0.3) is 0 Å². The summed E-state index contributed by atoms with van der Waals surface area (Å²) in [6, 6.07) is 19.5. The first-order valence-corrected chi connectivity index (χ1v) is 11.0. The van der Waals surface area contributed by atoms with Crippen molar-refractivity contribution in [3.63, 3.8) is 0 Å². The normalized spacial score (nSPS) is 16.4. The maximum atomic E-state index is 2.65. The molecule has 0 bridgehead atoms. The van der Waals surface area contributed by atoms with Crippen LogP contribution in [0.25, 0.3) is 16.7 Å². The Morgan fingerprint density at radius 3 is 2.25 bits per heavy atom. The molecule has 0 N–H and O–H groups in total. The molecule has 2 heteroatoms. The molecule has 150 valence electrons. The van der Waals surface area contributed by atoms with Crippen molar-refractivity contribution in [2.45, 2.75) is 39.5 Å². The zero-order chi connectivity index (χ0) is 19.6. The lowest BCUT2D eigenvalue weighted by Crippen LogP contribution is -2.46. The van der Waals surface area contributed by atoms with E-state index in [9.17, 15) is 0 Å². The van der Waals surface area contributed by atoms with E-state index in [2.05, 4.69) is 84.3 Å². The Bertz CT molecular complexity index is 727. The van der Waals surface area contributed by atoms with Gasteiger partial charge < -0.3 is 4.90 Å². The summed E-state index contributed by atoms with van der Waals surface area (Å²) >= 11 is 0. The first kappa shape index (κ1) is 20.8. The van der Waals surface area contributed by atoms with Crippen LogP contribution < -0.4 is 0 Å². The van der Waals surface area contributed by atoms with Gasteiger partial charge in [0, 0.05) is 32.7 Å². The molecule has 1 heterocycles. The number of piperazine rings is 1. The molecule has 28 heavy (non-hydrogen) atoms. The van der Waals surface area contributed by atoms with E-state index in [1.54, 1.807) is 0 Å². The molecule has 1 aliphatic rings. The van der Waals surface area contributed by atoms with Crippen LogP contribution in [-0.2, 0) is 0 Å². The van der Waals surface area contributed by atoms with Crippen molar-refractivity contribution in [1.29, 1.82) is 0 Å². The second-order valence-electron chi connectivity index (χ2n) is 8.00. The predicted octanol–water partition coefficient (Wildman–Crippen LogP) is 5.95. The third-order valence-electron chi connectivity index (χ3n) is 5.89. The van der Waals surface area contributed by atoms with Crippen LogP contribution in [0.4, 0.5) is 0 Å². The minimum Gasteiger partial charge on any atom is -0.301 e. The Labute approximate surface area is 171 Å². The van der Waals surface area contributed by atoms with Crippen LogP contribution in [0, 0.1) is 0 Å². The Hall–Kier alpha value is -1.90. The maximum absolute atomic E-state index is 2.65. The third-order valence-corrected chi connectivity index (χ3v) is 5.89. The molecule has 0 spiro atoms. The molecule has 0 aromatic heterocycles. The predicted molar refractivity (Wildman–Crippen MR) is 123 cm³/mol. The Kier molecular flexibility index (Phi) is 8.32. The highest BCUT2D eigenvalue weighted by atomic mass is 15.3. The summed E-state index contributed by atoms with van der Waals surface area (Å²) in [5.74, 6) is 0. The highest BCUT2D eigenvalue weighted by Crippen LogP contribution is 2.28. The molecule has 2 aromatic carbocycles. The third kappa shape index (κ3) is 6.05. The fourth-order valence-corrected chi connectivity index (χ4v) is 4.03. The molecule has 0 saturated carbocycles. The lowest BCUT2D eigenvalue weighted by molar-refractivity contribution is 0.140. The smallest absolute Gasteiger partial charge is 0.0170 e. The summed E-state index contributed by atoms with van der Waals surface area (Å²) in [4.78, 5) is 5.24. The molecule has 3 rings (SSSR count). The molecule has 2 aromatic rings. The molecule has 0 amide bonds. The Morgan fingerprint density at radius 2 is 1.50 bits per heavy atom. The first-order chi connectivity index (χ1) is 13.8. The molecular weight excluding hydrogens is 340 g/mol. The molecule has 1 fully saturated rings. The van der Waals surface area contributed by atoms with E-state index in [1.807, 2.05) is 0 Å². The van der Waals surface area contributed by atoms with Gasteiger partial charge in [-0.2, -0.15) is 0 Å². The van der Waals surface area contributed by atoms with E-state index < -0.39 is 0 Å². The topological polar surface area (TPSA) is 6.48 Å². The average molecular weight is 377 g/mol. The van der Waals surface area contributed by atoms with Crippen molar-refractivity contribution in [2.75, 3.05) is 39.3 Å². The highest BCUT2D eigenvalue weighted by molar-refractivity contribution is 5.80. The molecule has 2 nitrogen and oxygen atoms in total. The van der Waals surface area contributed by atoms with E-state index in [-0.39, 0.29) is 0 Å². The van der Waals surface area contributed by atoms with Gasteiger partial charge in [-0.1, -0.05) is 86.9 Å². The van der Waals surface area contributed by atoms with Gasteiger partial charge >= 0.3 is 0 Å². The van der Waals surface area contributed by atoms with Gasteiger partial charge in [0.1, 0.15) is 0 Å². The molecule has 0 unspecified atom stereocenters. The minimum absolute atomic E-state index is 1.05. The van der Waals surface area contributed by atoms with Crippen molar-refractivity contribution >= 4 is 5.57 Å². The highest BCUT2D eigenvalue weighted by Gasteiger charge is 2.15. The van der Waals surface area contributed by atoms with Gasteiger partial charge in [0.05, 0.1) is 0 Å². The molecule has 0 atom stereocenters. The van der Waals surface area contributed by atoms with Gasteiger partial charge in [-0.15, -0.1) is 0 Å². The Morgan fingerprint density at radius 1 is 0.821 bits per heavy atom. The number of rotatable bonds is 9. The zero-order valence-corrected chi connectivity index (χ0v) is 17.7. The van der Waals surface area contributed by atoms with E-state index in [0.29, 0.717) is 0 Å². The molecule has 0 radical (unpaired) electrons. The summed E-state index contributed by atoms with van der Waals surface area (Å²) in [6.07, 6.45) is 7.88. The zero-order valence-electron chi connectivity index (χ0n) is 17.7. The fraction of sp³-hybridized carbons (Fsp3) is 0.462. The second-order valence-corrected chi connectivity index (χ2v) is 8.00. The van der Waals surface area contributed by atoms with E-state index in [0.717, 1.165) is 6.54 Å². The minimum atomic E-state index is 1.05. The van der Waals surface area contributed by atoms with Crippen LogP contribution in [0.15, 0.2) is 60.7 Å². The second kappa shape index (κ2) is 11.2. The number of unbranched alkanes of at least 4 members (excludes halogenated alkanes) is 3. The molecule has 1 aliphatic heterocycles. The quantitative estimate of drug-likeness (QED) is 0.499. The van der Waals surface area contributed by atoms with Gasteiger partial charge in [0.2, 0.25) is 0 Å². The summed E-state index contributed by atoms with van der Waals surface area (Å²) in [7, 11) is 0. The lowest BCUT2D eigenvalue weighted by atomic mass is 9.95. The van der Waals surface area contributed by atoms with Crippen molar-refractivity contribution in [1.82, 2.24) is 9.80 Å². The first-order valence-electron chi connectivity index (χ1n) is 11.0. The van der Waals surface area contributed by atoms with Crippen LogP contribution in [-0.4, -0.2) is 49.1 Å². The maximum Gasteiger partial charge on any atom is 0.0170 e. The largest absolute Gasteiger partial charge is 0.301 e. The molecular formula is C26H36N2.